The topological polar surface area (TPSA) is 52.4 Å². The van der Waals surface area contributed by atoms with Crippen molar-refractivity contribution in [2.24, 2.45) is 0 Å². The fourth-order valence-electron chi connectivity index (χ4n) is 1.62. The fourth-order valence-corrected chi connectivity index (χ4v) is 1.74. The van der Waals surface area contributed by atoms with Crippen molar-refractivity contribution in [3.8, 4) is 16.9 Å². The van der Waals surface area contributed by atoms with Gasteiger partial charge in [-0.15, -0.1) is 0 Å². The molecule has 5 heteroatoms. The number of nitro groups is 1. The number of methoxy groups -OCH3 is 1. The molecule has 0 radical (unpaired) electrons. The van der Waals surface area contributed by atoms with Crippen LogP contribution in [0, 0.1) is 10.1 Å². The molecule has 0 spiro atoms. The summed E-state index contributed by atoms with van der Waals surface area (Å²) < 4.78 is 5.06. The molecule has 2 aromatic rings. The first-order valence-electron chi connectivity index (χ1n) is 5.19. The Bertz CT molecular complexity index is 581. The van der Waals surface area contributed by atoms with E-state index in [1.807, 2.05) is 0 Å². The Kier molecular flexibility index (Phi) is 3.48. The number of ether oxygens (including phenoxy) is 1. The van der Waals surface area contributed by atoms with Crippen LogP contribution in [0.4, 0.5) is 5.69 Å². The van der Waals surface area contributed by atoms with Crippen molar-refractivity contribution < 1.29 is 9.66 Å². The van der Waals surface area contributed by atoms with Gasteiger partial charge in [-0.25, -0.2) is 0 Å². The molecule has 0 saturated heterocycles. The predicted octanol–water partition coefficient (Wildman–Crippen LogP) is 3.92. The second-order valence-corrected chi connectivity index (χ2v) is 4.12. The fraction of sp³-hybridized carbons (Fsp3) is 0.0769. The lowest BCUT2D eigenvalue weighted by atomic mass is 10.0. The maximum atomic E-state index is 10.8. The standard InChI is InChI=1S/C13H10ClNO3/c1-18-13-7-10(6-12(8-13)15(16)17)9-2-4-11(14)5-3-9/h2-8H,1H3. The molecule has 4 nitrogen and oxygen atoms in total. The van der Waals surface area contributed by atoms with E-state index in [1.54, 1.807) is 30.3 Å². The summed E-state index contributed by atoms with van der Waals surface area (Å²) in [6, 6.07) is 11.7. The maximum absolute atomic E-state index is 10.8. The minimum Gasteiger partial charge on any atom is -0.496 e. The van der Waals surface area contributed by atoms with Gasteiger partial charge in [-0.05, 0) is 29.3 Å². The molecule has 2 aromatic carbocycles. The molecule has 18 heavy (non-hydrogen) atoms. The van der Waals surface area contributed by atoms with Crippen LogP contribution >= 0.6 is 11.6 Å². The number of nitro benzene ring substituents is 1. The average molecular weight is 264 g/mol. The second kappa shape index (κ2) is 5.06. The van der Waals surface area contributed by atoms with Crippen LogP contribution in [0.2, 0.25) is 5.02 Å². The lowest BCUT2D eigenvalue weighted by molar-refractivity contribution is -0.384. The van der Waals surface area contributed by atoms with E-state index < -0.39 is 4.92 Å². The molecule has 0 saturated carbocycles. The van der Waals surface area contributed by atoms with E-state index in [-0.39, 0.29) is 5.69 Å². The lowest BCUT2D eigenvalue weighted by Crippen LogP contribution is -1.91. The van der Waals surface area contributed by atoms with Gasteiger partial charge < -0.3 is 4.74 Å². The largest absolute Gasteiger partial charge is 0.496 e. The minimum atomic E-state index is -0.443. The summed E-state index contributed by atoms with van der Waals surface area (Å²) in [4.78, 5) is 10.4. The monoisotopic (exact) mass is 263 g/mol. The number of hydrogen-bond donors (Lipinski definition) is 0. The molecular weight excluding hydrogens is 254 g/mol. The summed E-state index contributed by atoms with van der Waals surface area (Å²) in [6.45, 7) is 0. The summed E-state index contributed by atoms with van der Waals surface area (Å²) in [5.41, 5.74) is 1.57. The van der Waals surface area contributed by atoms with Crippen LogP contribution in [0.15, 0.2) is 42.5 Å². The Morgan fingerprint density at radius 3 is 2.33 bits per heavy atom. The van der Waals surface area contributed by atoms with Crippen molar-refractivity contribution >= 4 is 17.3 Å². The van der Waals surface area contributed by atoms with E-state index in [0.29, 0.717) is 10.8 Å². The van der Waals surface area contributed by atoms with Gasteiger partial charge in [0.25, 0.3) is 5.69 Å². The van der Waals surface area contributed by atoms with E-state index in [4.69, 9.17) is 16.3 Å². The van der Waals surface area contributed by atoms with Gasteiger partial charge >= 0.3 is 0 Å². The quantitative estimate of drug-likeness (QED) is 0.623. The first-order valence-corrected chi connectivity index (χ1v) is 5.57. The third-order valence-electron chi connectivity index (χ3n) is 2.52. The van der Waals surface area contributed by atoms with Crippen molar-refractivity contribution in [1.29, 1.82) is 0 Å². The van der Waals surface area contributed by atoms with Crippen LogP contribution in [-0.2, 0) is 0 Å². The van der Waals surface area contributed by atoms with E-state index in [0.717, 1.165) is 11.1 Å². The first-order chi connectivity index (χ1) is 8.60. The van der Waals surface area contributed by atoms with Crippen LogP contribution in [0.25, 0.3) is 11.1 Å². The number of non-ortho nitro benzene ring substituents is 1. The molecule has 0 aliphatic carbocycles. The molecular formula is C13H10ClNO3. The summed E-state index contributed by atoms with van der Waals surface area (Å²) in [5.74, 6) is 0.453. The second-order valence-electron chi connectivity index (χ2n) is 3.68. The smallest absolute Gasteiger partial charge is 0.273 e. The number of rotatable bonds is 3. The molecule has 0 atom stereocenters. The van der Waals surface area contributed by atoms with Gasteiger partial charge in [-0.1, -0.05) is 23.7 Å². The Balaban J connectivity index is 2.52. The molecule has 0 amide bonds. The Morgan fingerprint density at radius 2 is 1.78 bits per heavy atom. The molecule has 0 heterocycles. The maximum Gasteiger partial charge on any atom is 0.273 e. The molecule has 0 aliphatic heterocycles. The molecule has 0 aliphatic rings. The highest BCUT2D eigenvalue weighted by atomic mass is 35.5. The van der Waals surface area contributed by atoms with Crippen LogP contribution in [0.3, 0.4) is 0 Å². The zero-order chi connectivity index (χ0) is 13.1. The van der Waals surface area contributed by atoms with E-state index in [2.05, 4.69) is 0 Å². The molecule has 0 unspecified atom stereocenters. The van der Waals surface area contributed by atoms with Crippen LogP contribution in [0.5, 0.6) is 5.75 Å². The molecule has 92 valence electrons. The van der Waals surface area contributed by atoms with Gasteiger partial charge in [0, 0.05) is 11.1 Å². The third-order valence-corrected chi connectivity index (χ3v) is 2.77. The highest BCUT2D eigenvalue weighted by Gasteiger charge is 2.11. The number of nitrogens with zero attached hydrogens (tertiary/aromatic N) is 1. The third kappa shape index (κ3) is 2.60. The van der Waals surface area contributed by atoms with Gasteiger partial charge in [0.05, 0.1) is 18.1 Å². The number of hydrogen-bond acceptors (Lipinski definition) is 3. The zero-order valence-electron chi connectivity index (χ0n) is 9.59. The van der Waals surface area contributed by atoms with Crippen molar-refractivity contribution in [1.82, 2.24) is 0 Å². The summed E-state index contributed by atoms with van der Waals surface area (Å²) in [7, 11) is 1.48. The van der Waals surface area contributed by atoms with E-state index in [1.165, 1.54) is 19.2 Å². The van der Waals surface area contributed by atoms with E-state index >= 15 is 0 Å². The highest BCUT2D eigenvalue weighted by Crippen LogP contribution is 2.30. The summed E-state index contributed by atoms with van der Waals surface area (Å²) in [5, 5.41) is 11.5. The van der Waals surface area contributed by atoms with Crippen molar-refractivity contribution in [3.05, 3.63) is 57.6 Å². The van der Waals surface area contributed by atoms with Crippen LogP contribution < -0.4 is 4.74 Å². The molecule has 0 N–H and O–H groups in total. The molecule has 0 fully saturated rings. The van der Waals surface area contributed by atoms with Crippen molar-refractivity contribution in [2.45, 2.75) is 0 Å². The van der Waals surface area contributed by atoms with Gasteiger partial charge in [0.1, 0.15) is 5.75 Å². The SMILES string of the molecule is COc1cc(-c2ccc(Cl)cc2)cc([N+](=O)[O-])c1. The van der Waals surface area contributed by atoms with Gasteiger partial charge in [-0.3, -0.25) is 10.1 Å². The lowest BCUT2D eigenvalue weighted by Gasteiger charge is -2.05. The summed E-state index contributed by atoms with van der Waals surface area (Å²) >= 11 is 5.81. The number of benzene rings is 2. The highest BCUT2D eigenvalue weighted by molar-refractivity contribution is 6.30. The Hall–Kier alpha value is -2.07. The van der Waals surface area contributed by atoms with Crippen LogP contribution in [0.1, 0.15) is 0 Å². The normalized spacial score (nSPS) is 10.1. The van der Waals surface area contributed by atoms with Gasteiger partial charge in [-0.2, -0.15) is 0 Å². The predicted molar refractivity (Wildman–Crippen MR) is 70.1 cm³/mol. The molecule has 2 rings (SSSR count). The molecule has 0 bridgehead atoms. The molecule has 0 aromatic heterocycles. The number of halogens is 1. The minimum absolute atomic E-state index is 0.000648. The Labute approximate surface area is 109 Å². The van der Waals surface area contributed by atoms with Crippen molar-refractivity contribution in [3.63, 3.8) is 0 Å². The van der Waals surface area contributed by atoms with Gasteiger partial charge in [0.15, 0.2) is 0 Å². The average Bonchev–Trinajstić information content (AvgIpc) is 2.39. The van der Waals surface area contributed by atoms with E-state index in [9.17, 15) is 10.1 Å². The summed E-state index contributed by atoms with van der Waals surface area (Å²) in [6.07, 6.45) is 0. The van der Waals surface area contributed by atoms with Crippen molar-refractivity contribution in [2.75, 3.05) is 7.11 Å². The van der Waals surface area contributed by atoms with Gasteiger partial charge in [0.2, 0.25) is 0 Å². The first kappa shape index (κ1) is 12.4. The van der Waals surface area contributed by atoms with Crippen LogP contribution in [-0.4, -0.2) is 12.0 Å². The Morgan fingerprint density at radius 1 is 1.11 bits per heavy atom. The zero-order valence-corrected chi connectivity index (χ0v) is 10.3.